The quantitative estimate of drug-likeness (QED) is 0.799. The highest BCUT2D eigenvalue weighted by Crippen LogP contribution is 2.39. The van der Waals surface area contributed by atoms with Gasteiger partial charge in [-0.25, -0.2) is 4.98 Å². The topological polar surface area (TPSA) is 16.1 Å². The lowest BCUT2D eigenvalue weighted by Crippen LogP contribution is -2.48. The highest BCUT2D eigenvalue weighted by molar-refractivity contribution is 7.15. The Morgan fingerprint density at radius 2 is 2.00 bits per heavy atom. The van der Waals surface area contributed by atoms with E-state index < -0.39 is 0 Å². The third kappa shape index (κ3) is 2.61. The third-order valence-electron chi connectivity index (χ3n) is 5.26. The van der Waals surface area contributed by atoms with Crippen LogP contribution in [0.2, 0.25) is 0 Å². The Morgan fingerprint density at radius 1 is 1.18 bits per heavy atom. The van der Waals surface area contributed by atoms with Crippen LogP contribution >= 0.6 is 11.3 Å². The number of hydrogen-bond donors (Lipinski definition) is 0. The molecule has 1 aliphatic heterocycles. The standard InChI is InChI=1S/C19H24N2S/c1-13(2)21-11-17(12-21)19-20-10-18(22-19)16-8-4-7-15(9-16)14-5-3-6-14/h4,7-10,13-14,17H,3,5-6,11-12H2,1-2H3. The molecule has 1 saturated carbocycles. The van der Waals surface area contributed by atoms with E-state index in [1.807, 2.05) is 11.3 Å². The minimum absolute atomic E-state index is 0.649. The van der Waals surface area contributed by atoms with Crippen LogP contribution in [0.4, 0.5) is 0 Å². The van der Waals surface area contributed by atoms with Crippen molar-refractivity contribution in [3.63, 3.8) is 0 Å². The van der Waals surface area contributed by atoms with Crippen molar-refractivity contribution in [1.82, 2.24) is 9.88 Å². The molecule has 1 aromatic carbocycles. The van der Waals surface area contributed by atoms with Gasteiger partial charge in [0.1, 0.15) is 0 Å². The van der Waals surface area contributed by atoms with Crippen molar-refractivity contribution in [2.45, 2.75) is 51.0 Å². The van der Waals surface area contributed by atoms with Crippen molar-refractivity contribution >= 4 is 11.3 Å². The lowest BCUT2D eigenvalue weighted by atomic mass is 9.80. The summed E-state index contributed by atoms with van der Waals surface area (Å²) in [6, 6.07) is 9.80. The summed E-state index contributed by atoms with van der Waals surface area (Å²) in [5, 5.41) is 1.32. The molecule has 1 aromatic heterocycles. The molecule has 2 heterocycles. The molecule has 2 fully saturated rings. The Morgan fingerprint density at radius 3 is 2.68 bits per heavy atom. The second-order valence-electron chi connectivity index (χ2n) is 7.06. The van der Waals surface area contributed by atoms with E-state index in [9.17, 15) is 0 Å². The lowest BCUT2D eigenvalue weighted by Gasteiger charge is -2.41. The Kier molecular flexibility index (Phi) is 3.79. The van der Waals surface area contributed by atoms with Gasteiger partial charge in [-0.2, -0.15) is 0 Å². The van der Waals surface area contributed by atoms with Crippen LogP contribution in [0.1, 0.15) is 55.5 Å². The van der Waals surface area contributed by atoms with Gasteiger partial charge in [0, 0.05) is 31.2 Å². The first kappa shape index (κ1) is 14.4. The summed E-state index contributed by atoms with van der Waals surface area (Å²) >= 11 is 1.89. The monoisotopic (exact) mass is 312 g/mol. The maximum Gasteiger partial charge on any atom is 0.0987 e. The molecule has 22 heavy (non-hydrogen) atoms. The number of likely N-dealkylation sites (tertiary alicyclic amines) is 1. The molecule has 2 aromatic rings. The summed E-state index contributed by atoms with van der Waals surface area (Å²) in [5.74, 6) is 1.45. The van der Waals surface area contributed by atoms with Crippen molar-refractivity contribution in [3.05, 3.63) is 41.0 Å². The molecule has 0 radical (unpaired) electrons. The number of rotatable bonds is 4. The predicted octanol–water partition coefficient (Wildman–Crippen LogP) is 4.89. The summed E-state index contributed by atoms with van der Waals surface area (Å²) in [4.78, 5) is 8.56. The van der Waals surface area contributed by atoms with Gasteiger partial charge in [0.15, 0.2) is 0 Å². The van der Waals surface area contributed by atoms with E-state index in [1.165, 1.54) is 53.4 Å². The van der Waals surface area contributed by atoms with E-state index in [4.69, 9.17) is 4.98 Å². The fraction of sp³-hybridized carbons (Fsp3) is 0.526. The predicted molar refractivity (Wildman–Crippen MR) is 93.6 cm³/mol. The molecular formula is C19H24N2S. The summed E-state index contributed by atoms with van der Waals surface area (Å²) in [6.45, 7) is 6.89. The number of nitrogens with zero attached hydrogens (tertiary/aromatic N) is 2. The smallest absolute Gasteiger partial charge is 0.0987 e. The zero-order valence-electron chi connectivity index (χ0n) is 13.5. The van der Waals surface area contributed by atoms with E-state index in [-0.39, 0.29) is 0 Å². The molecule has 2 aliphatic rings. The number of benzene rings is 1. The minimum Gasteiger partial charge on any atom is -0.299 e. The van der Waals surface area contributed by atoms with Gasteiger partial charge in [-0.1, -0.05) is 30.7 Å². The van der Waals surface area contributed by atoms with Crippen molar-refractivity contribution in [2.75, 3.05) is 13.1 Å². The second kappa shape index (κ2) is 5.78. The molecule has 4 rings (SSSR count). The van der Waals surface area contributed by atoms with E-state index in [1.54, 1.807) is 0 Å². The molecular weight excluding hydrogens is 288 g/mol. The molecule has 0 atom stereocenters. The Labute approximate surface area is 137 Å². The van der Waals surface area contributed by atoms with Gasteiger partial charge < -0.3 is 0 Å². The maximum atomic E-state index is 4.71. The van der Waals surface area contributed by atoms with Crippen molar-refractivity contribution in [2.24, 2.45) is 0 Å². The van der Waals surface area contributed by atoms with Crippen molar-refractivity contribution in [1.29, 1.82) is 0 Å². The molecule has 0 bridgehead atoms. The third-order valence-corrected chi connectivity index (χ3v) is 6.47. The normalized spacial score (nSPS) is 20.1. The molecule has 0 amide bonds. The molecule has 1 aliphatic carbocycles. The molecule has 1 saturated heterocycles. The fourth-order valence-electron chi connectivity index (χ4n) is 3.39. The van der Waals surface area contributed by atoms with Crippen LogP contribution in [0.3, 0.4) is 0 Å². The Balaban J connectivity index is 1.50. The summed E-state index contributed by atoms with van der Waals surface area (Å²) in [6.07, 6.45) is 6.21. The largest absolute Gasteiger partial charge is 0.299 e. The van der Waals surface area contributed by atoms with Gasteiger partial charge >= 0.3 is 0 Å². The summed E-state index contributed by atoms with van der Waals surface area (Å²) in [7, 11) is 0. The molecule has 2 nitrogen and oxygen atoms in total. The van der Waals surface area contributed by atoms with E-state index in [2.05, 4.69) is 49.2 Å². The Bertz CT molecular complexity index is 651. The van der Waals surface area contributed by atoms with E-state index in [0.29, 0.717) is 12.0 Å². The first-order valence-corrected chi connectivity index (χ1v) is 9.32. The minimum atomic E-state index is 0.649. The van der Waals surface area contributed by atoms with Crippen LogP contribution in [-0.4, -0.2) is 29.0 Å². The average Bonchev–Trinajstić information content (AvgIpc) is 2.84. The van der Waals surface area contributed by atoms with Gasteiger partial charge in [0.25, 0.3) is 0 Å². The average molecular weight is 312 g/mol. The first-order valence-electron chi connectivity index (χ1n) is 8.51. The van der Waals surface area contributed by atoms with Gasteiger partial charge in [-0.05, 0) is 43.7 Å². The zero-order valence-corrected chi connectivity index (χ0v) is 14.3. The van der Waals surface area contributed by atoms with Gasteiger partial charge in [-0.15, -0.1) is 11.3 Å². The van der Waals surface area contributed by atoms with Gasteiger partial charge in [0.05, 0.1) is 9.88 Å². The van der Waals surface area contributed by atoms with Crippen LogP contribution < -0.4 is 0 Å². The van der Waals surface area contributed by atoms with Crippen LogP contribution in [0, 0.1) is 0 Å². The van der Waals surface area contributed by atoms with Crippen molar-refractivity contribution in [3.8, 4) is 10.4 Å². The van der Waals surface area contributed by atoms with Gasteiger partial charge in [-0.3, -0.25) is 4.90 Å². The van der Waals surface area contributed by atoms with Crippen molar-refractivity contribution < 1.29 is 0 Å². The summed E-state index contributed by atoms with van der Waals surface area (Å²) < 4.78 is 0. The molecule has 3 heteroatoms. The van der Waals surface area contributed by atoms with Gasteiger partial charge in [0.2, 0.25) is 0 Å². The number of aromatic nitrogens is 1. The van der Waals surface area contributed by atoms with Crippen LogP contribution in [0.25, 0.3) is 10.4 Å². The van der Waals surface area contributed by atoms with Crippen LogP contribution in [-0.2, 0) is 0 Å². The van der Waals surface area contributed by atoms with E-state index in [0.717, 1.165) is 5.92 Å². The zero-order chi connectivity index (χ0) is 15.1. The SMILES string of the molecule is CC(C)N1CC(c2ncc(-c3cccc(C4CCC4)c3)s2)C1. The van der Waals surface area contributed by atoms with Crippen LogP contribution in [0.15, 0.2) is 30.5 Å². The molecule has 116 valence electrons. The molecule has 0 unspecified atom stereocenters. The molecule has 0 N–H and O–H groups in total. The lowest BCUT2D eigenvalue weighted by molar-refractivity contribution is 0.110. The second-order valence-corrected chi connectivity index (χ2v) is 8.12. The molecule has 0 spiro atoms. The summed E-state index contributed by atoms with van der Waals surface area (Å²) in [5.41, 5.74) is 2.88. The maximum absolute atomic E-state index is 4.71. The van der Waals surface area contributed by atoms with Crippen LogP contribution in [0.5, 0.6) is 0 Å². The first-order chi connectivity index (χ1) is 10.7. The number of hydrogen-bond acceptors (Lipinski definition) is 3. The van der Waals surface area contributed by atoms with E-state index >= 15 is 0 Å². The Hall–Kier alpha value is -1.19. The highest BCUT2D eigenvalue weighted by atomic mass is 32.1. The highest BCUT2D eigenvalue weighted by Gasteiger charge is 2.31. The fourth-order valence-corrected chi connectivity index (χ4v) is 4.38. The number of thiazole rings is 1.